The fourth-order valence-corrected chi connectivity index (χ4v) is 3.00. The third kappa shape index (κ3) is 2.41. The van der Waals surface area contributed by atoms with Gasteiger partial charge in [0.25, 0.3) is 0 Å². The Balaban J connectivity index is 2.58. The van der Waals surface area contributed by atoms with Crippen LogP contribution >= 0.6 is 0 Å². The van der Waals surface area contributed by atoms with Crippen molar-refractivity contribution in [3.63, 3.8) is 0 Å². The molecule has 0 N–H and O–H groups in total. The highest BCUT2D eigenvalue weighted by molar-refractivity contribution is 7.90. The van der Waals surface area contributed by atoms with E-state index >= 15 is 0 Å². The van der Waals surface area contributed by atoms with Gasteiger partial charge in [0, 0.05) is 23.4 Å². The SMILES string of the molecule is CCn1c(CS(=O)(=O)CC)cc2ccc(F)cc21. The average Bonchev–Trinajstić information content (AvgIpc) is 2.64. The maximum absolute atomic E-state index is 13.2. The van der Waals surface area contributed by atoms with Crippen molar-refractivity contribution in [2.24, 2.45) is 0 Å². The normalized spacial score (nSPS) is 12.2. The fourth-order valence-electron chi connectivity index (χ4n) is 2.11. The summed E-state index contributed by atoms with van der Waals surface area (Å²) in [6.45, 7) is 4.18. The van der Waals surface area contributed by atoms with E-state index in [2.05, 4.69) is 0 Å². The van der Waals surface area contributed by atoms with Crippen LogP contribution in [0.5, 0.6) is 0 Å². The van der Waals surface area contributed by atoms with E-state index in [1.165, 1.54) is 12.1 Å². The Hall–Kier alpha value is -1.36. The van der Waals surface area contributed by atoms with Gasteiger partial charge in [-0.05, 0) is 31.2 Å². The van der Waals surface area contributed by atoms with Gasteiger partial charge in [-0.25, -0.2) is 12.8 Å². The molecule has 18 heavy (non-hydrogen) atoms. The van der Waals surface area contributed by atoms with Crippen LogP contribution in [0.15, 0.2) is 24.3 Å². The number of hydrogen-bond acceptors (Lipinski definition) is 2. The minimum atomic E-state index is -3.08. The lowest BCUT2D eigenvalue weighted by Gasteiger charge is -2.07. The summed E-state index contributed by atoms with van der Waals surface area (Å²) in [5.41, 5.74) is 1.47. The summed E-state index contributed by atoms with van der Waals surface area (Å²) < 4.78 is 38.5. The summed E-state index contributed by atoms with van der Waals surface area (Å²) in [6.07, 6.45) is 0. The Bertz CT molecular complexity index is 674. The second-order valence-corrected chi connectivity index (χ2v) is 6.61. The number of aryl methyl sites for hydroxylation is 1. The minimum absolute atomic E-state index is 0.00758. The number of benzene rings is 1. The predicted octanol–water partition coefficient (Wildman–Crippen LogP) is 2.74. The van der Waals surface area contributed by atoms with Crippen LogP contribution in [-0.4, -0.2) is 18.7 Å². The number of sulfone groups is 1. The molecule has 0 spiro atoms. The van der Waals surface area contributed by atoms with Crippen molar-refractivity contribution in [1.82, 2.24) is 4.57 Å². The maximum atomic E-state index is 13.2. The van der Waals surface area contributed by atoms with Gasteiger partial charge in [-0.2, -0.15) is 0 Å². The first-order chi connectivity index (χ1) is 8.46. The van der Waals surface area contributed by atoms with Crippen LogP contribution in [0.1, 0.15) is 19.5 Å². The molecule has 0 atom stereocenters. The smallest absolute Gasteiger partial charge is 0.155 e. The fraction of sp³-hybridized carbons (Fsp3) is 0.385. The first-order valence-electron chi connectivity index (χ1n) is 5.95. The number of aromatic nitrogens is 1. The second kappa shape index (κ2) is 4.72. The monoisotopic (exact) mass is 269 g/mol. The van der Waals surface area contributed by atoms with E-state index in [9.17, 15) is 12.8 Å². The Kier molecular flexibility index (Phi) is 3.43. The number of hydrogen-bond donors (Lipinski definition) is 0. The first-order valence-corrected chi connectivity index (χ1v) is 7.77. The Morgan fingerprint density at radius 2 is 1.94 bits per heavy atom. The van der Waals surface area contributed by atoms with Crippen LogP contribution in [0.3, 0.4) is 0 Å². The quantitative estimate of drug-likeness (QED) is 0.856. The van der Waals surface area contributed by atoms with Gasteiger partial charge in [0.15, 0.2) is 9.84 Å². The zero-order chi connectivity index (χ0) is 13.3. The molecule has 2 aromatic rings. The van der Waals surface area contributed by atoms with Crippen LogP contribution in [-0.2, 0) is 22.1 Å². The molecule has 0 aliphatic heterocycles. The zero-order valence-electron chi connectivity index (χ0n) is 10.5. The Labute approximate surface area is 106 Å². The van der Waals surface area contributed by atoms with Crippen molar-refractivity contribution >= 4 is 20.7 Å². The summed E-state index contributed by atoms with van der Waals surface area (Å²) >= 11 is 0. The molecular formula is C13H16FNO2S. The lowest BCUT2D eigenvalue weighted by molar-refractivity contribution is 0.594. The van der Waals surface area contributed by atoms with Crippen molar-refractivity contribution in [3.8, 4) is 0 Å². The highest BCUT2D eigenvalue weighted by Crippen LogP contribution is 2.22. The molecule has 0 saturated heterocycles. The predicted molar refractivity (Wildman–Crippen MR) is 70.7 cm³/mol. The summed E-state index contributed by atoms with van der Waals surface area (Å²) in [7, 11) is -3.08. The van der Waals surface area contributed by atoms with Crippen LogP contribution in [0, 0.1) is 5.82 Å². The van der Waals surface area contributed by atoms with Gasteiger partial charge in [0.05, 0.1) is 11.3 Å². The molecule has 0 saturated carbocycles. The first kappa shape index (κ1) is 13.1. The van der Waals surface area contributed by atoms with Crippen molar-refractivity contribution in [1.29, 1.82) is 0 Å². The summed E-state index contributed by atoms with van der Waals surface area (Å²) in [5, 5.41) is 0.875. The number of rotatable bonds is 4. The summed E-state index contributed by atoms with van der Waals surface area (Å²) in [4.78, 5) is 0. The van der Waals surface area contributed by atoms with E-state index in [0.29, 0.717) is 6.54 Å². The van der Waals surface area contributed by atoms with Crippen LogP contribution in [0.2, 0.25) is 0 Å². The van der Waals surface area contributed by atoms with Crippen molar-refractivity contribution in [3.05, 3.63) is 35.8 Å². The van der Waals surface area contributed by atoms with Crippen LogP contribution in [0.4, 0.5) is 4.39 Å². The topological polar surface area (TPSA) is 39.1 Å². The second-order valence-electron chi connectivity index (χ2n) is 4.26. The summed E-state index contributed by atoms with van der Waals surface area (Å²) in [6, 6.07) is 6.34. The van der Waals surface area contributed by atoms with Gasteiger partial charge in [-0.3, -0.25) is 0 Å². The van der Waals surface area contributed by atoms with Crippen LogP contribution < -0.4 is 0 Å². The standard InChI is InChI=1S/C13H16FNO2S/c1-3-15-12(9-18(16,17)4-2)7-10-5-6-11(14)8-13(10)15/h5-8H,3-4,9H2,1-2H3. The molecule has 0 fully saturated rings. The van der Waals surface area contributed by atoms with Gasteiger partial charge >= 0.3 is 0 Å². The minimum Gasteiger partial charge on any atom is -0.344 e. The zero-order valence-corrected chi connectivity index (χ0v) is 11.3. The van der Waals surface area contributed by atoms with E-state index in [1.807, 2.05) is 17.6 Å². The third-order valence-corrected chi connectivity index (χ3v) is 4.69. The molecule has 1 aromatic heterocycles. The highest BCUT2D eigenvalue weighted by atomic mass is 32.2. The van der Waals surface area contributed by atoms with E-state index < -0.39 is 9.84 Å². The number of halogens is 1. The molecule has 1 aromatic carbocycles. The molecule has 0 amide bonds. The van der Waals surface area contributed by atoms with Crippen LogP contribution in [0.25, 0.3) is 10.9 Å². The molecule has 0 radical (unpaired) electrons. The lowest BCUT2D eigenvalue weighted by Crippen LogP contribution is -2.10. The van der Waals surface area contributed by atoms with E-state index in [0.717, 1.165) is 16.6 Å². The van der Waals surface area contributed by atoms with Gasteiger partial charge in [0.2, 0.25) is 0 Å². The number of fused-ring (bicyclic) bond motifs is 1. The van der Waals surface area contributed by atoms with E-state index in [4.69, 9.17) is 0 Å². The third-order valence-electron chi connectivity index (χ3n) is 3.08. The van der Waals surface area contributed by atoms with E-state index in [-0.39, 0.29) is 17.3 Å². The molecule has 2 rings (SSSR count). The lowest BCUT2D eigenvalue weighted by atomic mass is 10.2. The van der Waals surface area contributed by atoms with Gasteiger partial charge in [-0.1, -0.05) is 6.92 Å². The van der Waals surface area contributed by atoms with E-state index in [1.54, 1.807) is 13.0 Å². The van der Waals surface area contributed by atoms with Crippen molar-refractivity contribution < 1.29 is 12.8 Å². The molecule has 0 aliphatic rings. The molecule has 0 aliphatic carbocycles. The number of nitrogens with zero attached hydrogens (tertiary/aromatic N) is 1. The Morgan fingerprint density at radius 1 is 1.22 bits per heavy atom. The maximum Gasteiger partial charge on any atom is 0.155 e. The molecule has 1 heterocycles. The Morgan fingerprint density at radius 3 is 2.56 bits per heavy atom. The van der Waals surface area contributed by atoms with Gasteiger partial charge in [0.1, 0.15) is 5.82 Å². The molecule has 5 heteroatoms. The van der Waals surface area contributed by atoms with Gasteiger partial charge < -0.3 is 4.57 Å². The van der Waals surface area contributed by atoms with Gasteiger partial charge in [-0.15, -0.1) is 0 Å². The largest absolute Gasteiger partial charge is 0.344 e. The molecular weight excluding hydrogens is 253 g/mol. The molecule has 0 bridgehead atoms. The highest BCUT2D eigenvalue weighted by Gasteiger charge is 2.15. The van der Waals surface area contributed by atoms with Crippen molar-refractivity contribution in [2.75, 3.05) is 5.75 Å². The average molecular weight is 269 g/mol. The summed E-state index contributed by atoms with van der Waals surface area (Å²) in [5.74, 6) is -0.180. The van der Waals surface area contributed by atoms with Crippen molar-refractivity contribution in [2.45, 2.75) is 26.1 Å². The molecule has 0 unspecified atom stereocenters. The molecule has 3 nitrogen and oxygen atoms in total. The molecule has 98 valence electrons.